The summed E-state index contributed by atoms with van der Waals surface area (Å²) in [5.74, 6) is 0.784. The highest BCUT2D eigenvalue weighted by molar-refractivity contribution is 5.96. The number of carbonyl (C=O) groups excluding carboxylic acids is 2. The first kappa shape index (κ1) is 19.8. The van der Waals surface area contributed by atoms with Crippen LogP contribution >= 0.6 is 0 Å². The van der Waals surface area contributed by atoms with Gasteiger partial charge >= 0.3 is 0 Å². The van der Waals surface area contributed by atoms with Crippen LogP contribution in [0.25, 0.3) is 5.95 Å². The second-order valence-electron chi connectivity index (χ2n) is 8.37. The first-order valence-electron chi connectivity index (χ1n) is 9.80. The summed E-state index contributed by atoms with van der Waals surface area (Å²) in [5.41, 5.74) is 0.579. The van der Waals surface area contributed by atoms with Crippen LogP contribution in [0.4, 0.5) is 5.82 Å². The molecule has 9 heteroatoms. The Morgan fingerprint density at radius 2 is 2.03 bits per heavy atom. The van der Waals surface area contributed by atoms with Gasteiger partial charge in [-0.3, -0.25) is 9.59 Å². The summed E-state index contributed by atoms with van der Waals surface area (Å²) in [5, 5.41) is 7.52. The van der Waals surface area contributed by atoms with Gasteiger partial charge in [0.25, 0.3) is 5.95 Å². The number of hydrogen-bond acceptors (Lipinski definition) is 6. The summed E-state index contributed by atoms with van der Waals surface area (Å²) in [6.07, 6.45) is 4.97. The molecule has 1 fully saturated rings. The van der Waals surface area contributed by atoms with Gasteiger partial charge in [0.05, 0.1) is 24.4 Å². The van der Waals surface area contributed by atoms with E-state index in [0.717, 1.165) is 5.69 Å². The fourth-order valence-electron chi connectivity index (χ4n) is 3.31. The third-order valence-electron chi connectivity index (χ3n) is 4.98. The van der Waals surface area contributed by atoms with Crippen molar-refractivity contribution in [2.24, 2.45) is 5.92 Å². The van der Waals surface area contributed by atoms with Crippen molar-refractivity contribution in [1.82, 2.24) is 24.6 Å². The van der Waals surface area contributed by atoms with E-state index in [1.807, 2.05) is 32.9 Å². The minimum absolute atomic E-state index is 0.0677. The molecule has 0 spiro atoms. The summed E-state index contributed by atoms with van der Waals surface area (Å²) in [4.78, 5) is 35.4. The molecule has 4 heterocycles. The molecule has 156 valence electrons. The number of hydrogen-bond donors (Lipinski definition) is 1. The highest BCUT2D eigenvalue weighted by Gasteiger charge is 2.35. The maximum atomic E-state index is 13.0. The molecule has 9 nitrogen and oxygen atoms in total. The van der Waals surface area contributed by atoms with Gasteiger partial charge in [-0.2, -0.15) is 9.78 Å². The summed E-state index contributed by atoms with van der Waals surface area (Å²) < 4.78 is 6.84. The van der Waals surface area contributed by atoms with Gasteiger partial charge in [0.2, 0.25) is 11.8 Å². The van der Waals surface area contributed by atoms with E-state index in [0.29, 0.717) is 30.6 Å². The van der Waals surface area contributed by atoms with E-state index >= 15 is 0 Å². The maximum absolute atomic E-state index is 13.0. The Bertz CT molecular complexity index is 1040. The Morgan fingerprint density at radius 3 is 2.70 bits per heavy atom. The van der Waals surface area contributed by atoms with Crippen molar-refractivity contribution in [2.75, 3.05) is 11.9 Å². The lowest BCUT2D eigenvalue weighted by molar-refractivity contribution is -0.128. The Balaban J connectivity index is 1.53. The van der Waals surface area contributed by atoms with Gasteiger partial charge in [0.1, 0.15) is 11.6 Å². The number of anilines is 1. The zero-order chi connectivity index (χ0) is 21.3. The van der Waals surface area contributed by atoms with Gasteiger partial charge < -0.3 is 14.6 Å². The molecular formula is C21H24N6O3. The predicted octanol–water partition coefficient (Wildman–Crippen LogP) is 2.54. The summed E-state index contributed by atoms with van der Waals surface area (Å²) in [7, 11) is 0. The van der Waals surface area contributed by atoms with Crippen molar-refractivity contribution in [3.05, 3.63) is 54.4 Å². The Hall–Kier alpha value is -3.49. The molecule has 1 aliphatic rings. The van der Waals surface area contributed by atoms with E-state index < -0.39 is 5.92 Å². The van der Waals surface area contributed by atoms with Crippen molar-refractivity contribution in [2.45, 2.75) is 39.2 Å². The van der Waals surface area contributed by atoms with Crippen LogP contribution in [0.5, 0.6) is 0 Å². The molecule has 3 aromatic heterocycles. The molecule has 0 saturated carbocycles. The Labute approximate surface area is 174 Å². The number of carbonyl (C=O) groups is 2. The number of amides is 2. The average Bonchev–Trinajstić information content (AvgIpc) is 3.43. The van der Waals surface area contributed by atoms with E-state index in [1.165, 1.54) is 4.68 Å². The number of nitrogens with zero attached hydrogens (tertiary/aromatic N) is 5. The Morgan fingerprint density at radius 1 is 1.27 bits per heavy atom. The van der Waals surface area contributed by atoms with Crippen LogP contribution in [-0.2, 0) is 21.5 Å². The van der Waals surface area contributed by atoms with Gasteiger partial charge in [-0.05, 0) is 18.2 Å². The Kier molecular flexibility index (Phi) is 5.11. The van der Waals surface area contributed by atoms with Gasteiger partial charge in [-0.15, -0.1) is 0 Å². The normalized spacial score (nSPS) is 16.8. The smallest absolute Gasteiger partial charge is 0.252 e. The number of rotatable bonds is 5. The third kappa shape index (κ3) is 4.10. The second kappa shape index (κ2) is 7.74. The molecule has 0 aromatic carbocycles. The third-order valence-corrected chi connectivity index (χ3v) is 4.98. The van der Waals surface area contributed by atoms with Gasteiger partial charge in [0.15, 0.2) is 0 Å². The molecular weight excluding hydrogens is 384 g/mol. The summed E-state index contributed by atoms with van der Waals surface area (Å²) >= 11 is 0. The molecule has 0 bridgehead atoms. The lowest BCUT2D eigenvalue weighted by atomic mass is 9.92. The zero-order valence-electron chi connectivity index (χ0n) is 17.2. The van der Waals surface area contributed by atoms with Gasteiger partial charge in [-0.25, -0.2) is 9.97 Å². The standard InChI is InChI=1S/C21H24N6O3/c1-21(2,3)16-11-17(27(25-16)20-22-7-5-8-23-20)24-19(29)14-10-18(28)26(12-14)13-15-6-4-9-30-15/h4-9,11,14H,10,12-13H2,1-3H3,(H,24,29). The summed E-state index contributed by atoms with van der Waals surface area (Å²) in [6.45, 7) is 6.82. The highest BCUT2D eigenvalue weighted by atomic mass is 16.3. The van der Waals surface area contributed by atoms with Gasteiger partial charge in [-0.1, -0.05) is 20.8 Å². The molecule has 1 N–H and O–H groups in total. The molecule has 0 radical (unpaired) electrons. The van der Waals surface area contributed by atoms with Crippen molar-refractivity contribution >= 4 is 17.6 Å². The maximum Gasteiger partial charge on any atom is 0.252 e. The van der Waals surface area contributed by atoms with Crippen molar-refractivity contribution in [3.63, 3.8) is 0 Å². The molecule has 0 aliphatic carbocycles. The minimum atomic E-state index is -0.453. The fourth-order valence-corrected chi connectivity index (χ4v) is 3.31. The van der Waals surface area contributed by atoms with Crippen molar-refractivity contribution in [3.8, 4) is 5.95 Å². The number of likely N-dealkylation sites (tertiary alicyclic amines) is 1. The minimum Gasteiger partial charge on any atom is -0.467 e. The lowest BCUT2D eigenvalue weighted by Crippen LogP contribution is -2.28. The molecule has 1 unspecified atom stereocenters. The first-order chi connectivity index (χ1) is 14.3. The van der Waals surface area contributed by atoms with Crippen LogP contribution < -0.4 is 5.32 Å². The lowest BCUT2D eigenvalue weighted by Gasteiger charge is -2.15. The second-order valence-corrected chi connectivity index (χ2v) is 8.37. The number of aromatic nitrogens is 4. The molecule has 4 rings (SSSR count). The zero-order valence-corrected chi connectivity index (χ0v) is 17.2. The average molecular weight is 408 g/mol. The van der Waals surface area contributed by atoms with E-state index in [4.69, 9.17) is 4.42 Å². The van der Waals surface area contributed by atoms with Crippen LogP contribution in [0.2, 0.25) is 0 Å². The molecule has 1 atom stereocenters. The highest BCUT2D eigenvalue weighted by Crippen LogP contribution is 2.27. The van der Waals surface area contributed by atoms with Gasteiger partial charge in [0, 0.05) is 36.8 Å². The number of furan rings is 1. The van der Waals surface area contributed by atoms with Crippen LogP contribution in [0, 0.1) is 5.92 Å². The topological polar surface area (TPSA) is 106 Å². The SMILES string of the molecule is CC(C)(C)c1cc(NC(=O)C2CC(=O)N(Cc3ccco3)C2)n(-c2ncccn2)n1. The van der Waals surface area contributed by atoms with Crippen LogP contribution in [-0.4, -0.2) is 43.0 Å². The largest absolute Gasteiger partial charge is 0.467 e. The van der Waals surface area contributed by atoms with E-state index in [-0.39, 0.29) is 23.7 Å². The molecule has 1 saturated heterocycles. The quantitative estimate of drug-likeness (QED) is 0.695. The van der Waals surface area contributed by atoms with Crippen LogP contribution in [0.3, 0.4) is 0 Å². The molecule has 30 heavy (non-hydrogen) atoms. The monoisotopic (exact) mass is 408 g/mol. The first-order valence-corrected chi connectivity index (χ1v) is 9.80. The summed E-state index contributed by atoms with van der Waals surface area (Å²) in [6, 6.07) is 7.13. The molecule has 3 aromatic rings. The van der Waals surface area contributed by atoms with E-state index in [2.05, 4.69) is 20.4 Å². The van der Waals surface area contributed by atoms with E-state index in [1.54, 1.807) is 35.7 Å². The van der Waals surface area contributed by atoms with Crippen molar-refractivity contribution < 1.29 is 14.0 Å². The van der Waals surface area contributed by atoms with E-state index in [9.17, 15) is 9.59 Å². The predicted molar refractivity (Wildman–Crippen MR) is 109 cm³/mol. The van der Waals surface area contributed by atoms with Crippen LogP contribution in [0.15, 0.2) is 47.3 Å². The number of nitrogens with one attached hydrogen (secondary N) is 1. The molecule has 2 amide bonds. The van der Waals surface area contributed by atoms with Crippen LogP contribution in [0.1, 0.15) is 38.6 Å². The molecule has 1 aliphatic heterocycles. The van der Waals surface area contributed by atoms with Crippen molar-refractivity contribution in [1.29, 1.82) is 0 Å². The fraction of sp³-hybridized carbons (Fsp3) is 0.381.